The molecule has 18 heavy (non-hydrogen) atoms. The molecular weight excluding hydrogens is 294 g/mol. The Labute approximate surface area is 115 Å². The summed E-state index contributed by atoms with van der Waals surface area (Å²) in [6.07, 6.45) is 0.519. The minimum atomic E-state index is -2.99. The van der Waals surface area contributed by atoms with Crippen molar-refractivity contribution in [3.8, 4) is 0 Å². The molecule has 0 aliphatic carbocycles. The van der Waals surface area contributed by atoms with Crippen LogP contribution in [0.15, 0.2) is 11.4 Å². The summed E-state index contributed by atoms with van der Waals surface area (Å²) in [5.41, 5.74) is 0. The summed E-state index contributed by atoms with van der Waals surface area (Å²) < 4.78 is 23.0. The Morgan fingerprint density at radius 3 is 2.78 bits per heavy atom. The lowest BCUT2D eigenvalue weighted by Crippen LogP contribution is -2.40. The molecule has 0 saturated carbocycles. The standard InChI is InChI=1S/C11H14ClNO3S2/c1-2-13(8-4-6-18(15,16)7-8)11(14)10-9(12)3-5-17-10/h3,5,8H,2,4,6-7H2,1H3. The molecular formula is C11H14ClNO3S2. The summed E-state index contributed by atoms with van der Waals surface area (Å²) >= 11 is 7.23. The van der Waals surface area contributed by atoms with Crippen LogP contribution in [0.5, 0.6) is 0 Å². The van der Waals surface area contributed by atoms with E-state index in [1.165, 1.54) is 11.3 Å². The molecule has 0 radical (unpaired) electrons. The first-order valence-corrected chi connectivity index (χ1v) is 8.77. The molecule has 1 saturated heterocycles. The van der Waals surface area contributed by atoms with Crippen LogP contribution in [0.4, 0.5) is 0 Å². The van der Waals surface area contributed by atoms with E-state index in [9.17, 15) is 13.2 Å². The van der Waals surface area contributed by atoms with Crippen LogP contribution in [0.1, 0.15) is 23.0 Å². The van der Waals surface area contributed by atoms with Gasteiger partial charge in [0.15, 0.2) is 9.84 Å². The van der Waals surface area contributed by atoms with Crippen molar-refractivity contribution in [1.82, 2.24) is 4.90 Å². The van der Waals surface area contributed by atoms with E-state index < -0.39 is 9.84 Å². The maximum Gasteiger partial charge on any atom is 0.265 e. The lowest BCUT2D eigenvalue weighted by Gasteiger charge is -2.26. The maximum absolute atomic E-state index is 12.3. The van der Waals surface area contributed by atoms with E-state index in [1.54, 1.807) is 16.3 Å². The summed E-state index contributed by atoms with van der Waals surface area (Å²) in [4.78, 5) is 14.4. The molecule has 1 amide bonds. The van der Waals surface area contributed by atoms with Crippen LogP contribution in [0.2, 0.25) is 5.02 Å². The Morgan fingerprint density at radius 2 is 2.33 bits per heavy atom. The van der Waals surface area contributed by atoms with Gasteiger partial charge >= 0.3 is 0 Å². The zero-order valence-corrected chi connectivity index (χ0v) is 12.3. The third kappa shape index (κ3) is 2.70. The smallest absolute Gasteiger partial charge is 0.265 e. The highest BCUT2D eigenvalue weighted by atomic mass is 35.5. The van der Waals surface area contributed by atoms with Gasteiger partial charge in [-0.1, -0.05) is 11.6 Å². The van der Waals surface area contributed by atoms with Crippen molar-refractivity contribution in [1.29, 1.82) is 0 Å². The molecule has 1 aromatic rings. The first-order valence-electron chi connectivity index (χ1n) is 5.69. The number of thiophene rings is 1. The molecule has 0 N–H and O–H groups in total. The van der Waals surface area contributed by atoms with E-state index in [1.807, 2.05) is 6.92 Å². The van der Waals surface area contributed by atoms with Crippen LogP contribution in [0.25, 0.3) is 0 Å². The molecule has 2 rings (SSSR count). The van der Waals surface area contributed by atoms with Gasteiger partial charge in [-0.2, -0.15) is 0 Å². The maximum atomic E-state index is 12.3. The van der Waals surface area contributed by atoms with Crippen molar-refractivity contribution >= 4 is 38.7 Å². The van der Waals surface area contributed by atoms with E-state index in [0.29, 0.717) is 22.9 Å². The lowest BCUT2D eigenvalue weighted by molar-refractivity contribution is 0.0713. The number of hydrogen-bond donors (Lipinski definition) is 0. The second kappa shape index (κ2) is 5.19. The Balaban J connectivity index is 2.20. The molecule has 1 aliphatic rings. The van der Waals surface area contributed by atoms with Gasteiger partial charge in [0.1, 0.15) is 4.88 Å². The molecule has 7 heteroatoms. The van der Waals surface area contributed by atoms with Crippen molar-refractivity contribution in [2.45, 2.75) is 19.4 Å². The molecule has 0 aromatic carbocycles. The minimum Gasteiger partial charge on any atom is -0.334 e. The van der Waals surface area contributed by atoms with E-state index >= 15 is 0 Å². The van der Waals surface area contributed by atoms with E-state index in [0.717, 1.165) is 0 Å². The van der Waals surface area contributed by atoms with Crippen LogP contribution in [0.3, 0.4) is 0 Å². The normalized spacial score (nSPS) is 22.0. The second-order valence-corrected chi connectivity index (χ2v) is 7.80. The van der Waals surface area contributed by atoms with Crippen molar-refractivity contribution in [3.05, 3.63) is 21.3 Å². The fourth-order valence-electron chi connectivity index (χ4n) is 2.17. The predicted molar refractivity (Wildman–Crippen MR) is 73.1 cm³/mol. The zero-order valence-electron chi connectivity index (χ0n) is 9.93. The number of carbonyl (C=O) groups is 1. The highest BCUT2D eigenvalue weighted by molar-refractivity contribution is 7.91. The second-order valence-electron chi connectivity index (χ2n) is 4.25. The Hall–Kier alpha value is -0.590. The van der Waals surface area contributed by atoms with Crippen LogP contribution >= 0.6 is 22.9 Å². The summed E-state index contributed by atoms with van der Waals surface area (Å²) in [6, 6.07) is 1.46. The predicted octanol–water partition coefficient (Wildman–Crippen LogP) is 2.05. The zero-order chi connectivity index (χ0) is 13.3. The first kappa shape index (κ1) is 13.8. The lowest BCUT2D eigenvalue weighted by atomic mass is 10.2. The van der Waals surface area contributed by atoms with Gasteiger partial charge in [0.2, 0.25) is 0 Å². The van der Waals surface area contributed by atoms with Gasteiger partial charge in [0.05, 0.1) is 16.5 Å². The Morgan fingerprint density at radius 1 is 1.61 bits per heavy atom. The van der Waals surface area contributed by atoms with Crippen LogP contribution in [0, 0.1) is 0 Å². The SMILES string of the molecule is CCN(C(=O)c1sccc1Cl)C1CCS(=O)(=O)C1. The quantitative estimate of drug-likeness (QED) is 0.859. The molecule has 0 spiro atoms. The number of nitrogens with zero attached hydrogens (tertiary/aromatic N) is 1. The summed E-state index contributed by atoms with van der Waals surface area (Å²) in [5, 5.41) is 2.19. The Bertz CT molecular complexity index is 552. The number of rotatable bonds is 3. The third-order valence-electron chi connectivity index (χ3n) is 3.06. The van der Waals surface area contributed by atoms with Gasteiger partial charge in [-0.05, 0) is 24.8 Å². The van der Waals surface area contributed by atoms with E-state index in [4.69, 9.17) is 11.6 Å². The average molecular weight is 308 g/mol. The molecule has 1 fully saturated rings. The van der Waals surface area contributed by atoms with Gasteiger partial charge in [-0.3, -0.25) is 4.79 Å². The van der Waals surface area contributed by atoms with Gasteiger partial charge in [0, 0.05) is 12.6 Å². The first-order chi connectivity index (χ1) is 8.44. The van der Waals surface area contributed by atoms with Gasteiger partial charge in [-0.15, -0.1) is 11.3 Å². The Kier molecular flexibility index (Phi) is 3.99. The van der Waals surface area contributed by atoms with Crippen LogP contribution < -0.4 is 0 Å². The number of sulfone groups is 1. The molecule has 2 heterocycles. The minimum absolute atomic E-state index is 0.0651. The van der Waals surface area contributed by atoms with E-state index in [2.05, 4.69) is 0 Å². The van der Waals surface area contributed by atoms with Crippen molar-refractivity contribution in [2.24, 2.45) is 0 Å². The fraction of sp³-hybridized carbons (Fsp3) is 0.545. The number of amides is 1. The number of carbonyl (C=O) groups excluding carboxylic acids is 1. The largest absolute Gasteiger partial charge is 0.334 e. The van der Waals surface area contributed by atoms with Crippen molar-refractivity contribution in [2.75, 3.05) is 18.1 Å². The fourth-order valence-corrected chi connectivity index (χ4v) is 4.99. The van der Waals surface area contributed by atoms with Crippen molar-refractivity contribution < 1.29 is 13.2 Å². The van der Waals surface area contributed by atoms with Gasteiger partial charge in [-0.25, -0.2) is 8.42 Å². The highest BCUT2D eigenvalue weighted by Gasteiger charge is 2.34. The van der Waals surface area contributed by atoms with Crippen molar-refractivity contribution in [3.63, 3.8) is 0 Å². The summed E-state index contributed by atoms with van der Waals surface area (Å²) in [6.45, 7) is 2.34. The van der Waals surface area contributed by atoms with Crippen LogP contribution in [-0.4, -0.2) is 43.3 Å². The average Bonchev–Trinajstić information content (AvgIpc) is 2.86. The summed E-state index contributed by atoms with van der Waals surface area (Å²) in [5.74, 6) is 0.0643. The third-order valence-corrected chi connectivity index (χ3v) is 6.14. The summed E-state index contributed by atoms with van der Waals surface area (Å²) in [7, 11) is -2.99. The number of hydrogen-bond acceptors (Lipinski definition) is 4. The molecule has 4 nitrogen and oxygen atoms in total. The van der Waals surface area contributed by atoms with Gasteiger partial charge in [0.25, 0.3) is 5.91 Å². The molecule has 1 aromatic heterocycles. The molecule has 1 aliphatic heterocycles. The molecule has 0 bridgehead atoms. The van der Waals surface area contributed by atoms with Gasteiger partial charge < -0.3 is 4.90 Å². The van der Waals surface area contributed by atoms with E-state index in [-0.39, 0.29) is 23.5 Å². The monoisotopic (exact) mass is 307 g/mol. The molecule has 1 unspecified atom stereocenters. The van der Waals surface area contributed by atoms with Crippen LogP contribution in [-0.2, 0) is 9.84 Å². The highest BCUT2D eigenvalue weighted by Crippen LogP contribution is 2.26. The number of halogens is 1. The topological polar surface area (TPSA) is 54.5 Å². The molecule has 1 atom stereocenters. The molecule has 100 valence electrons.